The number of nitrogens with one attached hydrogen (secondary N) is 2. The zero-order chi connectivity index (χ0) is 20.5. The Bertz CT molecular complexity index is 648. The van der Waals surface area contributed by atoms with Crippen molar-refractivity contribution in [2.45, 2.75) is 57.0 Å². The molecule has 1 saturated heterocycles. The molecule has 1 unspecified atom stereocenters. The average molecular weight is 400 g/mol. The monoisotopic (exact) mass is 399 g/mol. The van der Waals surface area contributed by atoms with Crippen LogP contribution in [0.2, 0.25) is 0 Å². The van der Waals surface area contributed by atoms with Gasteiger partial charge in [0.25, 0.3) is 0 Å². The highest BCUT2D eigenvalue weighted by Crippen LogP contribution is 2.24. The summed E-state index contributed by atoms with van der Waals surface area (Å²) in [5.74, 6) is 0.793. The largest absolute Gasteiger partial charge is 0.354 e. The SMILES string of the molecule is CN(C)C(=O)CN=C(NCC(c1ccccc1)N1CCCC1)NC1CCCCC1. The molecule has 1 atom stereocenters. The van der Waals surface area contributed by atoms with E-state index < -0.39 is 0 Å². The van der Waals surface area contributed by atoms with E-state index in [1.165, 1.54) is 50.5 Å². The zero-order valence-corrected chi connectivity index (χ0v) is 18.1. The third-order valence-corrected chi connectivity index (χ3v) is 6.05. The Hall–Kier alpha value is -2.08. The minimum atomic E-state index is 0.0221. The van der Waals surface area contributed by atoms with Crippen LogP contribution in [0.1, 0.15) is 56.6 Å². The topological polar surface area (TPSA) is 60.0 Å². The van der Waals surface area contributed by atoms with Crippen LogP contribution in [0.15, 0.2) is 35.3 Å². The summed E-state index contributed by atoms with van der Waals surface area (Å²) in [6.45, 7) is 3.25. The van der Waals surface area contributed by atoms with Crippen molar-refractivity contribution in [3.05, 3.63) is 35.9 Å². The van der Waals surface area contributed by atoms with Crippen molar-refractivity contribution in [2.75, 3.05) is 40.3 Å². The maximum Gasteiger partial charge on any atom is 0.243 e. The first kappa shape index (κ1) is 21.6. The molecular formula is C23H37N5O. The molecule has 0 spiro atoms. The second-order valence-electron chi connectivity index (χ2n) is 8.48. The molecule has 1 saturated carbocycles. The number of amides is 1. The Kier molecular flexibility index (Phi) is 8.35. The number of rotatable bonds is 7. The van der Waals surface area contributed by atoms with Crippen LogP contribution in [0.3, 0.4) is 0 Å². The highest BCUT2D eigenvalue weighted by Gasteiger charge is 2.24. The van der Waals surface area contributed by atoms with Crippen molar-refractivity contribution in [2.24, 2.45) is 4.99 Å². The molecule has 3 rings (SSSR count). The molecule has 1 aliphatic carbocycles. The van der Waals surface area contributed by atoms with Crippen LogP contribution in [0, 0.1) is 0 Å². The van der Waals surface area contributed by atoms with Gasteiger partial charge in [-0.15, -0.1) is 0 Å². The number of carbonyl (C=O) groups is 1. The lowest BCUT2D eigenvalue weighted by Gasteiger charge is -2.30. The third kappa shape index (κ3) is 6.74. The lowest BCUT2D eigenvalue weighted by molar-refractivity contribution is -0.127. The fourth-order valence-corrected chi connectivity index (χ4v) is 4.26. The minimum absolute atomic E-state index is 0.0221. The van der Waals surface area contributed by atoms with Gasteiger partial charge < -0.3 is 15.5 Å². The van der Waals surface area contributed by atoms with Crippen LogP contribution in [0.4, 0.5) is 0 Å². The molecule has 0 radical (unpaired) electrons. The molecule has 2 aliphatic rings. The van der Waals surface area contributed by atoms with Gasteiger partial charge in [-0.05, 0) is 44.3 Å². The summed E-state index contributed by atoms with van der Waals surface area (Å²) in [6.07, 6.45) is 8.74. The van der Waals surface area contributed by atoms with Gasteiger partial charge in [-0.1, -0.05) is 49.6 Å². The first-order valence-corrected chi connectivity index (χ1v) is 11.2. The molecule has 0 aromatic heterocycles. The van der Waals surface area contributed by atoms with Gasteiger partial charge in [0.2, 0.25) is 5.91 Å². The van der Waals surface area contributed by atoms with Gasteiger partial charge in [-0.3, -0.25) is 9.69 Å². The zero-order valence-electron chi connectivity index (χ0n) is 18.1. The van der Waals surface area contributed by atoms with Gasteiger partial charge in [0.15, 0.2) is 5.96 Å². The quantitative estimate of drug-likeness (QED) is 0.547. The fraction of sp³-hybridized carbons (Fsp3) is 0.652. The highest BCUT2D eigenvalue weighted by molar-refractivity contribution is 5.85. The molecule has 1 amide bonds. The van der Waals surface area contributed by atoms with Crippen molar-refractivity contribution in [3.8, 4) is 0 Å². The number of carbonyl (C=O) groups excluding carboxylic acids is 1. The van der Waals surface area contributed by atoms with E-state index in [4.69, 9.17) is 0 Å². The predicted octanol–water partition coefficient (Wildman–Crippen LogP) is 2.78. The summed E-state index contributed by atoms with van der Waals surface area (Å²) in [5.41, 5.74) is 1.34. The predicted molar refractivity (Wildman–Crippen MR) is 119 cm³/mol. The molecule has 1 aromatic rings. The van der Waals surface area contributed by atoms with Crippen molar-refractivity contribution in [1.82, 2.24) is 20.4 Å². The maximum atomic E-state index is 12.1. The highest BCUT2D eigenvalue weighted by atomic mass is 16.2. The van der Waals surface area contributed by atoms with Gasteiger partial charge in [0, 0.05) is 26.7 Å². The van der Waals surface area contributed by atoms with E-state index in [-0.39, 0.29) is 12.5 Å². The van der Waals surface area contributed by atoms with E-state index in [1.54, 1.807) is 19.0 Å². The Morgan fingerprint density at radius 3 is 2.45 bits per heavy atom. The van der Waals surface area contributed by atoms with Gasteiger partial charge in [-0.2, -0.15) is 0 Å². The molecule has 6 heteroatoms. The van der Waals surface area contributed by atoms with E-state index in [1.807, 2.05) is 0 Å². The summed E-state index contributed by atoms with van der Waals surface area (Å²) >= 11 is 0. The normalized spacial score (nSPS) is 19.7. The van der Waals surface area contributed by atoms with Gasteiger partial charge in [0.1, 0.15) is 6.54 Å². The molecule has 1 aromatic carbocycles. The van der Waals surface area contributed by atoms with E-state index in [0.29, 0.717) is 12.1 Å². The van der Waals surface area contributed by atoms with Crippen LogP contribution in [-0.2, 0) is 4.79 Å². The molecule has 1 heterocycles. The summed E-state index contributed by atoms with van der Waals surface area (Å²) in [7, 11) is 3.55. The lowest BCUT2D eigenvalue weighted by Crippen LogP contribution is -2.47. The standard InChI is InChI=1S/C23H37N5O/c1-27(2)22(29)18-25-23(26-20-13-7-4-8-14-20)24-17-21(28-15-9-10-16-28)19-11-5-3-6-12-19/h3,5-6,11-12,20-21H,4,7-10,13-18H2,1-2H3,(H2,24,25,26). The van der Waals surface area contributed by atoms with Crippen LogP contribution in [-0.4, -0.2) is 68.0 Å². The van der Waals surface area contributed by atoms with Gasteiger partial charge in [0.05, 0.1) is 6.04 Å². The summed E-state index contributed by atoms with van der Waals surface area (Å²) in [5, 5.41) is 7.16. The van der Waals surface area contributed by atoms with Crippen molar-refractivity contribution in [1.29, 1.82) is 0 Å². The summed E-state index contributed by atoms with van der Waals surface area (Å²) in [4.78, 5) is 20.8. The van der Waals surface area contributed by atoms with Crippen LogP contribution >= 0.6 is 0 Å². The molecule has 2 fully saturated rings. The number of benzene rings is 1. The molecule has 0 bridgehead atoms. The van der Waals surface area contributed by atoms with Crippen molar-refractivity contribution >= 4 is 11.9 Å². The second kappa shape index (κ2) is 11.2. The van der Waals surface area contributed by atoms with E-state index in [0.717, 1.165) is 25.6 Å². The minimum Gasteiger partial charge on any atom is -0.354 e. The Balaban J connectivity index is 1.68. The molecule has 160 valence electrons. The molecular weight excluding hydrogens is 362 g/mol. The first-order valence-electron chi connectivity index (χ1n) is 11.2. The number of hydrogen-bond donors (Lipinski definition) is 2. The van der Waals surface area contributed by atoms with E-state index in [9.17, 15) is 4.79 Å². The molecule has 6 nitrogen and oxygen atoms in total. The number of likely N-dealkylation sites (tertiary alicyclic amines) is 1. The number of aliphatic imine (C=N–C) groups is 1. The Morgan fingerprint density at radius 2 is 1.79 bits per heavy atom. The van der Waals surface area contributed by atoms with Gasteiger partial charge >= 0.3 is 0 Å². The fourth-order valence-electron chi connectivity index (χ4n) is 4.26. The number of nitrogens with zero attached hydrogens (tertiary/aromatic N) is 3. The van der Waals surface area contributed by atoms with E-state index >= 15 is 0 Å². The second-order valence-corrected chi connectivity index (χ2v) is 8.48. The van der Waals surface area contributed by atoms with Crippen LogP contribution < -0.4 is 10.6 Å². The number of likely N-dealkylation sites (N-methyl/N-ethyl adjacent to an activating group) is 1. The number of hydrogen-bond acceptors (Lipinski definition) is 3. The van der Waals surface area contributed by atoms with Crippen LogP contribution in [0.5, 0.6) is 0 Å². The van der Waals surface area contributed by atoms with Crippen molar-refractivity contribution in [3.63, 3.8) is 0 Å². The Morgan fingerprint density at radius 1 is 1.10 bits per heavy atom. The van der Waals surface area contributed by atoms with E-state index in [2.05, 4.69) is 50.9 Å². The number of guanidine groups is 1. The first-order chi connectivity index (χ1) is 14.1. The average Bonchev–Trinajstić information content (AvgIpc) is 3.27. The lowest BCUT2D eigenvalue weighted by atomic mass is 9.96. The summed E-state index contributed by atoms with van der Waals surface area (Å²) in [6, 6.07) is 11.5. The third-order valence-electron chi connectivity index (χ3n) is 6.05. The summed E-state index contributed by atoms with van der Waals surface area (Å²) < 4.78 is 0. The van der Waals surface area contributed by atoms with Crippen molar-refractivity contribution < 1.29 is 4.79 Å². The van der Waals surface area contributed by atoms with Crippen LogP contribution in [0.25, 0.3) is 0 Å². The molecule has 1 aliphatic heterocycles. The Labute approximate surface area is 175 Å². The smallest absolute Gasteiger partial charge is 0.243 e. The maximum absolute atomic E-state index is 12.1. The van der Waals surface area contributed by atoms with Gasteiger partial charge in [-0.25, -0.2) is 4.99 Å². The molecule has 2 N–H and O–H groups in total. The molecule has 29 heavy (non-hydrogen) atoms.